The minimum absolute atomic E-state index is 0.354. The van der Waals surface area contributed by atoms with Gasteiger partial charge in [0.15, 0.2) is 0 Å². The summed E-state index contributed by atoms with van der Waals surface area (Å²) < 4.78 is 0. The Morgan fingerprint density at radius 1 is 1.35 bits per heavy atom. The van der Waals surface area contributed by atoms with Crippen LogP contribution >= 0.6 is 0 Å². The highest BCUT2D eigenvalue weighted by Gasteiger charge is 2.22. The summed E-state index contributed by atoms with van der Waals surface area (Å²) in [5.41, 5.74) is -0.354. The van der Waals surface area contributed by atoms with E-state index < -0.39 is 0 Å². The normalized spacial score (nSPS) is 21.1. The number of nitriles is 1. The predicted octanol–water partition coefficient (Wildman–Crippen LogP) is 2.53. The van der Waals surface area contributed by atoms with Crippen molar-refractivity contribution in [1.29, 1.82) is 5.26 Å². The molecule has 0 aromatic heterocycles. The molecular weight excluding hydrogens is 210 g/mol. The Kier molecular flexibility index (Phi) is 5.94. The van der Waals surface area contributed by atoms with Gasteiger partial charge in [0, 0.05) is 6.04 Å². The largest absolute Gasteiger partial charge is 0.303 e. The Labute approximate surface area is 106 Å². The minimum atomic E-state index is -0.354. The van der Waals surface area contributed by atoms with Crippen LogP contribution in [-0.2, 0) is 0 Å². The van der Waals surface area contributed by atoms with E-state index in [4.69, 9.17) is 5.26 Å². The summed E-state index contributed by atoms with van der Waals surface area (Å²) in [6.45, 7) is 3.09. The van der Waals surface area contributed by atoms with Gasteiger partial charge in [0.05, 0.1) is 6.07 Å². The molecule has 0 aromatic rings. The Balaban J connectivity index is 2.23. The summed E-state index contributed by atoms with van der Waals surface area (Å²) >= 11 is 0. The summed E-state index contributed by atoms with van der Waals surface area (Å²) in [5.74, 6) is 0. The quantitative estimate of drug-likeness (QED) is 0.771. The highest BCUT2D eigenvalue weighted by atomic mass is 15.1. The van der Waals surface area contributed by atoms with Gasteiger partial charge in [-0.3, -0.25) is 0 Å². The summed E-state index contributed by atoms with van der Waals surface area (Å²) in [6.07, 6.45) is 8.94. The van der Waals surface area contributed by atoms with Gasteiger partial charge in [0.2, 0.25) is 0 Å². The average molecular weight is 237 g/mol. The Morgan fingerprint density at radius 3 is 2.53 bits per heavy atom. The molecule has 0 saturated heterocycles. The molecule has 0 aromatic carbocycles. The first kappa shape index (κ1) is 14.5. The van der Waals surface area contributed by atoms with Crippen molar-refractivity contribution in [3.05, 3.63) is 0 Å². The predicted molar refractivity (Wildman–Crippen MR) is 71.8 cm³/mol. The molecule has 0 bridgehead atoms. The van der Waals surface area contributed by atoms with Crippen molar-refractivity contribution in [3.8, 4) is 6.07 Å². The maximum Gasteiger partial charge on any atom is 0.103 e. The standard InChI is InChI=1S/C14H27N3/c1-14(12-15,16-2)10-7-11-17(3)13-8-5-4-6-9-13/h13,16H,4-11H2,1-3H3. The monoisotopic (exact) mass is 237 g/mol. The Bertz CT molecular complexity index is 253. The van der Waals surface area contributed by atoms with Crippen LogP contribution in [0.2, 0.25) is 0 Å². The molecule has 0 radical (unpaired) electrons. The van der Waals surface area contributed by atoms with E-state index in [-0.39, 0.29) is 5.54 Å². The van der Waals surface area contributed by atoms with Crippen molar-refractivity contribution in [2.75, 3.05) is 20.6 Å². The summed E-state index contributed by atoms with van der Waals surface area (Å²) in [5, 5.41) is 12.2. The van der Waals surface area contributed by atoms with Gasteiger partial charge in [-0.15, -0.1) is 0 Å². The van der Waals surface area contributed by atoms with Crippen molar-refractivity contribution in [1.82, 2.24) is 10.2 Å². The van der Waals surface area contributed by atoms with Gasteiger partial charge in [-0.2, -0.15) is 5.26 Å². The van der Waals surface area contributed by atoms with Gasteiger partial charge in [-0.1, -0.05) is 19.3 Å². The van der Waals surface area contributed by atoms with Crippen LogP contribution in [0.5, 0.6) is 0 Å². The first-order valence-electron chi connectivity index (χ1n) is 6.92. The van der Waals surface area contributed by atoms with Crippen LogP contribution in [0.15, 0.2) is 0 Å². The van der Waals surface area contributed by atoms with E-state index in [0.29, 0.717) is 0 Å². The molecule has 1 unspecified atom stereocenters. The highest BCUT2D eigenvalue weighted by Crippen LogP contribution is 2.22. The molecule has 17 heavy (non-hydrogen) atoms. The van der Waals surface area contributed by atoms with Crippen molar-refractivity contribution >= 4 is 0 Å². The van der Waals surface area contributed by atoms with Crippen LogP contribution in [0.1, 0.15) is 51.9 Å². The number of nitrogens with zero attached hydrogens (tertiary/aromatic N) is 2. The van der Waals surface area contributed by atoms with Crippen molar-refractivity contribution < 1.29 is 0 Å². The lowest BCUT2D eigenvalue weighted by Crippen LogP contribution is -2.40. The van der Waals surface area contributed by atoms with Crippen molar-refractivity contribution in [2.24, 2.45) is 0 Å². The Morgan fingerprint density at radius 2 is 2.00 bits per heavy atom. The second-order valence-electron chi connectivity index (χ2n) is 5.57. The lowest BCUT2D eigenvalue weighted by Gasteiger charge is -2.32. The van der Waals surface area contributed by atoms with Crippen LogP contribution < -0.4 is 5.32 Å². The molecule has 98 valence electrons. The smallest absolute Gasteiger partial charge is 0.103 e. The van der Waals surface area contributed by atoms with Crippen molar-refractivity contribution in [2.45, 2.75) is 63.5 Å². The third kappa shape index (κ3) is 4.65. The number of rotatable bonds is 6. The first-order chi connectivity index (χ1) is 8.11. The van der Waals surface area contributed by atoms with E-state index >= 15 is 0 Å². The number of nitrogens with one attached hydrogen (secondary N) is 1. The molecule has 0 heterocycles. The molecule has 0 amide bonds. The van der Waals surface area contributed by atoms with Gasteiger partial charge < -0.3 is 10.2 Å². The first-order valence-corrected chi connectivity index (χ1v) is 6.92. The molecule has 1 rings (SSSR count). The molecule has 0 spiro atoms. The lowest BCUT2D eigenvalue weighted by atomic mass is 9.93. The molecule has 0 aliphatic heterocycles. The zero-order valence-electron chi connectivity index (χ0n) is 11.6. The number of hydrogen-bond acceptors (Lipinski definition) is 3. The molecule has 3 nitrogen and oxygen atoms in total. The van der Waals surface area contributed by atoms with E-state index in [1.54, 1.807) is 0 Å². The maximum atomic E-state index is 9.07. The molecule has 1 saturated carbocycles. The Hall–Kier alpha value is -0.590. The molecule has 1 aliphatic carbocycles. The molecule has 1 fully saturated rings. The van der Waals surface area contributed by atoms with E-state index in [2.05, 4.69) is 23.3 Å². The van der Waals surface area contributed by atoms with Crippen LogP contribution in [0, 0.1) is 11.3 Å². The minimum Gasteiger partial charge on any atom is -0.303 e. The van der Waals surface area contributed by atoms with Crippen LogP contribution in [0.3, 0.4) is 0 Å². The fourth-order valence-electron chi connectivity index (χ4n) is 2.62. The van der Waals surface area contributed by atoms with Crippen LogP contribution in [0.25, 0.3) is 0 Å². The molecule has 3 heteroatoms. The maximum absolute atomic E-state index is 9.07. The third-order valence-corrected chi connectivity index (χ3v) is 4.18. The molecule has 1 aliphatic rings. The molecular formula is C14H27N3. The highest BCUT2D eigenvalue weighted by molar-refractivity contribution is 5.02. The second-order valence-corrected chi connectivity index (χ2v) is 5.57. The summed E-state index contributed by atoms with van der Waals surface area (Å²) in [6, 6.07) is 3.14. The van der Waals surface area contributed by atoms with E-state index in [1.807, 2.05) is 14.0 Å². The van der Waals surface area contributed by atoms with E-state index in [9.17, 15) is 0 Å². The van der Waals surface area contributed by atoms with E-state index in [0.717, 1.165) is 25.4 Å². The van der Waals surface area contributed by atoms with E-state index in [1.165, 1.54) is 32.1 Å². The molecule has 1 N–H and O–H groups in total. The fraction of sp³-hybridized carbons (Fsp3) is 0.929. The summed E-state index contributed by atoms with van der Waals surface area (Å²) in [7, 11) is 4.10. The van der Waals surface area contributed by atoms with Gasteiger partial charge >= 0.3 is 0 Å². The fourth-order valence-corrected chi connectivity index (χ4v) is 2.62. The van der Waals surface area contributed by atoms with Gasteiger partial charge in [-0.05, 0) is 53.2 Å². The molecule has 1 atom stereocenters. The van der Waals surface area contributed by atoms with Gasteiger partial charge in [0.1, 0.15) is 5.54 Å². The average Bonchev–Trinajstić information content (AvgIpc) is 2.39. The SMILES string of the molecule is CNC(C)(C#N)CCCN(C)C1CCCCC1. The summed E-state index contributed by atoms with van der Waals surface area (Å²) in [4.78, 5) is 2.49. The number of hydrogen-bond donors (Lipinski definition) is 1. The van der Waals surface area contributed by atoms with Crippen LogP contribution in [0.4, 0.5) is 0 Å². The van der Waals surface area contributed by atoms with Gasteiger partial charge in [-0.25, -0.2) is 0 Å². The van der Waals surface area contributed by atoms with Crippen LogP contribution in [-0.4, -0.2) is 37.1 Å². The lowest BCUT2D eigenvalue weighted by molar-refractivity contribution is 0.185. The van der Waals surface area contributed by atoms with Gasteiger partial charge in [0.25, 0.3) is 0 Å². The zero-order valence-corrected chi connectivity index (χ0v) is 11.6. The topological polar surface area (TPSA) is 39.1 Å². The zero-order chi connectivity index (χ0) is 12.7. The van der Waals surface area contributed by atoms with Crippen molar-refractivity contribution in [3.63, 3.8) is 0 Å². The second kappa shape index (κ2) is 6.98. The third-order valence-electron chi connectivity index (χ3n) is 4.18.